The maximum absolute atomic E-state index is 13.4. The summed E-state index contributed by atoms with van der Waals surface area (Å²) in [7, 11) is -2.75. The number of nitrogens with one attached hydrogen (secondary N) is 1. The molecule has 29 heavy (non-hydrogen) atoms. The largest absolute Gasteiger partial charge is 0.497 e. The van der Waals surface area contributed by atoms with Crippen molar-refractivity contribution in [3.63, 3.8) is 0 Å². The van der Waals surface area contributed by atoms with Gasteiger partial charge in [0, 0.05) is 6.54 Å². The predicted octanol–water partition coefficient (Wildman–Crippen LogP) is 1.78. The van der Waals surface area contributed by atoms with Gasteiger partial charge in [0.05, 0.1) is 18.1 Å². The van der Waals surface area contributed by atoms with Crippen LogP contribution in [0.25, 0.3) is 0 Å². The molecule has 0 aliphatic rings. The number of hydroxylamine groups is 1. The zero-order chi connectivity index (χ0) is 21.6. The molecule has 1 amide bonds. The molecule has 0 spiro atoms. The third-order valence-electron chi connectivity index (χ3n) is 4.54. The monoisotopic (exact) mass is 422 g/mol. The second kappa shape index (κ2) is 9.84. The van der Waals surface area contributed by atoms with Crippen molar-refractivity contribution in [2.75, 3.05) is 7.11 Å². The van der Waals surface area contributed by atoms with E-state index in [0.29, 0.717) is 11.3 Å². The number of carbonyl (C=O) groups excluding carboxylic acids is 1. The normalized spacial score (nSPS) is 13.9. The van der Waals surface area contributed by atoms with Gasteiger partial charge in [-0.05, 0) is 35.7 Å². The smallest absolute Gasteiger partial charge is 0.264 e. The van der Waals surface area contributed by atoms with Crippen LogP contribution in [0.3, 0.4) is 0 Å². The number of ether oxygens (including phenoxy) is 1. The zero-order valence-electron chi connectivity index (χ0n) is 16.5. The van der Waals surface area contributed by atoms with Gasteiger partial charge in [-0.1, -0.05) is 44.2 Å². The van der Waals surface area contributed by atoms with Crippen molar-refractivity contribution in [2.24, 2.45) is 5.92 Å². The number of rotatable bonds is 9. The lowest BCUT2D eigenvalue weighted by molar-refractivity contribution is -0.138. The van der Waals surface area contributed by atoms with Crippen LogP contribution in [0.15, 0.2) is 59.5 Å². The van der Waals surface area contributed by atoms with Crippen LogP contribution in [-0.4, -0.2) is 48.2 Å². The highest BCUT2D eigenvalue weighted by molar-refractivity contribution is 7.89. The van der Waals surface area contributed by atoms with Gasteiger partial charge >= 0.3 is 0 Å². The van der Waals surface area contributed by atoms with Crippen LogP contribution in [-0.2, 0) is 21.4 Å². The van der Waals surface area contributed by atoms with E-state index < -0.39 is 34.0 Å². The second-order valence-corrected chi connectivity index (χ2v) is 8.76. The molecule has 3 N–H and O–H groups in total. The van der Waals surface area contributed by atoms with Gasteiger partial charge in [-0.2, -0.15) is 4.31 Å². The molecular weight excluding hydrogens is 396 g/mol. The Labute approximate surface area is 170 Å². The third kappa shape index (κ3) is 5.33. The molecule has 9 heteroatoms. The summed E-state index contributed by atoms with van der Waals surface area (Å²) in [5.41, 5.74) is 2.11. The van der Waals surface area contributed by atoms with Crippen molar-refractivity contribution in [2.45, 2.75) is 37.4 Å². The third-order valence-corrected chi connectivity index (χ3v) is 6.38. The SMILES string of the molecule is COc1ccc(S(=O)(=O)N(Cc2ccccc2)[C@@H](C(=O)NO)C(O)C(C)C)cc1. The first-order valence-corrected chi connectivity index (χ1v) is 10.5. The van der Waals surface area contributed by atoms with E-state index in [0.717, 1.165) is 4.31 Å². The molecule has 8 nitrogen and oxygen atoms in total. The van der Waals surface area contributed by atoms with Gasteiger partial charge in [-0.3, -0.25) is 10.0 Å². The number of hydrogen-bond donors (Lipinski definition) is 3. The molecule has 0 saturated carbocycles. The Kier molecular flexibility index (Phi) is 7.74. The summed E-state index contributed by atoms with van der Waals surface area (Å²) in [5, 5.41) is 19.8. The number of methoxy groups -OCH3 is 1. The number of aliphatic hydroxyl groups is 1. The Morgan fingerprint density at radius 3 is 2.17 bits per heavy atom. The van der Waals surface area contributed by atoms with Gasteiger partial charge in [0.2, 0.25) is 10.0 Å². The lowest BCUT2D eigenvalue weighted by Crippen LogP contribution is -2.55. The average Bonchev–Trinajstić information content (AvgIpc) is 2.73. The number of amides is 1. The highest BCUT2D eigenvalue weighted by Crippen LogP contribution is 2.26. The van der Waals surface area contributed by atoms with Gasteiger partial charge in [-0.25, -0.2) is 13.9 Å². The molecule has 2 aromatic rings. The minimum atomic E-state index is -4.21. The van der Waals surface area contributed by atoms with E-state index in [1.165, 1.54) is 36.9 Å². The zero-order valence-corrected chi connectivity index (χ0v) is 17.3. The maximum atomic E-state index is 13.4. The molecule has 0 saturated heterocycles. The molecule has 0 aliphatic heterocycles. The average molecular weight is 423 g/mol. The maximum Gasteiger partial charge on any atom is 0.264 e. The first-order chi connectivity index (χ1) is 13.7. The van der Waals surface area contributed by atoms with Gasteiger partial charge in [0.1, 0.15) is 11.8 Å². The molecule has 1 unspecified atom stereocenters. The quantitative estimate of drug-likeness (QED) is 0.419. The minimum absolute atomic E-state index is 0.0686. The molecule has 0 aromatic heterocycles. The molecular formula is C20H26N2O6S. The van der Waals surface area contributed by atoms with Crippen LogP contribution in [0.5, 0.6) is 5.75 Å². The number of benzene rings is 2. The van der Waals surface area contributed by atoms with E-state index in [1.54, 1.807) is 44.2 Å². The molecule has 158 valence electrons. The Hall–Kier alpha value is -2.46. The summed E-state index contributed by atoms with van der Waals surface area (Å²) in [6.07, 6.45) is -1.35. The number of hydrogen-bond acceptors (Lipinski definition) is 6. The van der Waals surface area contributed by atoms with Crippen molar-refractivity contribution in [1.29, 1.82) is 0 Å². The summed E-state index contributed by atoms with van der Waals surface area (Å²) in [4.78, 5) is 12.4. The standard InChI is InChI=1S/C20H26N2O6S/c1-14(2)19(23)18(20(24)21-25)22(13-15-7-5-4-6-8-15)29(26,27)17-11-9-16(28-3)10-12-17/h4-12,14,18-19,23,25H,13H2,1-3H3,(H,21,24)/t18-,19?/m1/s1. The molecule has 0 heterocycles. The van der Waals surface area contributed by atoms with Crippen molar-refractivity contribution < 1.29 is 28.3 Å². The molecule has 0 aliphatic carbocycles. The van der Waals surface area contributed by atoms with Crippen LogP contribution in [0.2, 0.25) is 0 Å². The Bertz CT molecular complexity index is 900. The topological polar surface area (TPSA) is 116 Å². The Morgan fingerprint density at radius 2 is 1.69 bits per heavy atom. The molecule has 2 rings (SSSR count). The minimum Gasteiger partial charge on any atom is -0.497 e. The molecule has 2 aromatic carbocycles. The summed E-state index contributed by atoms with van der Waals surface area (Å²) < 4.78 is 32.8. The van der Waals surface area contributed by atoms with Crippen LogP contribution >= 0.6 is 0 Å². The molecule has 2 atom stereocenters. The van der Waals surface area contributed by atoms with Gasteiger partial charge in [0.15, 0.2) is 0 Å². The fourth-order valence-corrected chi connectivity index (χ4v) is 4.46. The highest BCUT2D eigenvalue weighted by Gasteiger charge is 2.41. The highest BCUT2D eigenvalue weighted by atomic mass is 32.2. The van der Waals surface area contributed by atoms with Crippen molar-refractivity contribution >= 4 is 15.9 Å². The fourth-order valence-electron chi connectivity index (χ4n) is 2.87. The van der Waals surface area contributed by atoms with Crippen LogP contribution < -0.4 is 10.2 Å². The fraction of sp³-hybridized carbons (Fsp3) is 0.350. The molecule has 0 radical (unpaired) electrons. The number of carbonyl (C=O) groups is 1. The number of aliphatic hydroxyl groups excluding tert-OH is 1. The van der Waals surface area contributed by atoms with E-state index >= 15 is 0 Å². The summed E-state index contributed by atoms with van der Waals surface area (Å²) >= 11 is 0. The Balaban J connectivity index is 2.59. The first kappa shape index (κ1) is 22.8. The molecule has 0 bridgehead atoms. The van der Waals surface area contributed by atoms with Crippen molar-refractivity contribution in [3.8, 4) is 5.75 Å². The van der Waals surface area contributed by atoms with Crippen molar-refractivity contribution in [3.05, 3.63) is 60.2 Å². The van der Waals surface area contributed by atoms with Crippen molar-refractivity contribution in [1.82, 2.24) is 9.79 Å². The summed E-state index contributed by atoms with van der Waals surface area (Å²) in [6.45, 7) is 3.14. The van der Waals surface area contributed by atoms with E-state index in [2.05, 4.69) is 0 Å². The van der Waals surface area contributed by atoms with Gasteiger partial charge in [0.25, 0.3) is 5.91 Å². The van der Waals surface area contributed by atoms with Gasteiger partial charge in [-0.15, -0.1) is 0 Å². The summed E-state index contributed by atoms with van der Waals surface area (Å²) in [6, 6.07) is 12.9. The lowest BCUT2D eigenvalue weighted by atomic mass is 9.99. The summed E-state index contributed by atoms with van der Waals surface area (Å²) in [5.74, 6) is -0.980. The second-order valence-electron chi connectivity index (χ2n) is 6.87. The van der Waals surface area contributed by atoms with E-state index in [9.17, 15) is 23.5 Å². The predicted molar refractivity (Wildman–Crippen MR) is 107 cm³/mol. The lowest BCUT2D eigenvalue weighted by Gasteiger charge is -2.34. The van der Waals surface area contributed by atoms with Crippen LogP contribution in [0, 0.1) is 5.92 Å². The van der Waals surface area contributed by atoms with E-state index in [-0.39, 0.29) is 11.4 Å². The number of nitrogens with zero attached hydrogens (tertiary/aromatic N) is 1. The van der Waals surface area contributed by atoms with E-state index in [4.69, 9.17) is 4.74 Å². The van der Waals surface area contributed by atoms with Gasteiger partial charge < -0.3 is 9.84 Å². The molecule has 0 fully saturated rings. The first-order valence-electron chi connectivity index (χ1n) is 9.04. The van der Waals surface area contributed by atoms with Crippen LogP contribution in [0.1, 0.15) is 19.4 Å². The van der Waals surface area contributed by atoms with E-state index in [1.807, 2.05) is 0 Å². The number of sulfonamides is 1. The Morgan fingerprint density at radius 1 is 1.10 bits per heavy atom. The van der Waals surface area contributed by atoms with Crippen LogP contribution in [0.4, 0.5) is 0 Å².